The standard InChI is InChI=1S/C25H20Cl2N3O2P/c1-25(33(31,18-8-4-2-5-9-18)19-10-6-3-7-11-19)13-12-23-29-24(32-30(23)25)20-15-22(27)21(26)14-17(20)16-28/h2-11,14-15,23H,12-13H2,1H3. The quantitative estimate of drug-likeness (QED) is 0.434. The first-order valence-corrected chi connectivity index (χ1v) is 13.0. The van der Waals surface area contributed by atoms with Crippen molar-refractivity contribution < 1.29 is 9.40 Å². The fourth-order valence-corrected chi connectivity index (χ4v) is 8.51. The van der Waals surface area contributed by atoms with E-state index in [0.717, 1.165) is 10.6 Å². The van der Waals surface area contributed by atoms with Gasteiger partial charge in [0.15, 0.2) is 7.14 Å². The van der Waals surface area contributed by atoms with Crippen LogP contribution in [0, 0.1) is 11.3 Å². The van der Waals surface area contributed by atoms with E-state index in [1.807, 2.05) is 67.6 Å². The molecule has 2 aliphatic rings. The summed E-state index contributed by atoms with van der Waals surface area (Å²) in [6.45, 7) is 1.98. The lowest BCUT2D eigenvalue weighted by atomic mass is 10.1. The summed E-state index contributed by atoms with van der Waals surface area (Å²) in [4.78, 5) is 11.0. The van der Waals surface area contributed by atoms with Crippen molar-refractivity contribution in [2.45, 2.75) is 31.2 Å². The van der Waals surface area contributed by atoms with E-state index in [2.05, 4.69) is 6.07 Å². The molecule has 33 heavy (non-hydrogen) atoms. The van der Waals surface area contributed by atoms with E-state index < -0.39 is 12.4 Å². The van der Waals surface area contributed by atoms with Crippen LogP contribution in [0.5, 0.6) is 0 Å². The van der Waals surface area contributed by atoms with Crippen molar-refractivity contribution in [1.29, 1.82) is 5.26 Å². The highest BCUT2D eigenvalue weighted by Crippen LogP contribution is 2.63. The number of nitrogens with zero attached hydrogens (tertiary/aromatic N) is 3. The van der Waals surface area contributed by atoms with Crippen LogP contribution in [0.4, 0.5) is 0 Å². The SMILES string of the molecule is CC1(P(=O)(c2ccccc2)c2ccccc2)CCC2N=C(c3cc(Cl)c(Cl)cc3C#N)ON21. The van der Waals surface area contributed by atoms with Gasteiger partial charge in [0.25, 0.3) is 0 Å². The first-order valence-electron chi connectivity index (χ1n) is 10.5. The highest BCUT2D eigenvalue weighted by Gasteiger charge is 2.60. The molecular weight excluding hydrogens is 476 g/mol. The van der Waals surface area contributed by atoms with E-state index >= 15 is 4.57 Å². The molecule has 2 aliphatic heterocycles. The lowest BCUT2D eigenvalue weighted by Crippen LogP contribution is -2.47. The van der Waals surface area contributed by atoms with E-state index in [4.69, 9.17) is 33.0 Å². The molecule has 2 atom stereocenters. The zero-order chi connectivity index (χ0) is 23.2. The van der Waals surface area contributed by atoms with Gasteiger partial charge in [0.05, 0.1) is 21.2 Å². The predicted molar refractivity (Wildman–Crippen MR) is 132 cm³/mol. The highest BCUT2D eigenvalue weighted by molar-refractivity contribution is 7.80. The van der Waals surface area contributed by atoms with Gasteiger partial charge in [-0.3, -0.25) is 0 Å². The first kappa shape index (κ1) is 22.2. The second-order valence-electron chi connectivity index (χ2n) is 8.29. The van der Waals surface area contributed by atoms with E-state index in [1.54, 1.807) is 11.1 Å². The van der Waals surface area contributed by atoms with Crippen molar-refractivity contribution >= 4 is 46.9 Å². The molecule has 0 bridgehead atoms. The Kier molecular flexibility index (Phi) is 5.59. The Labute approximate surface area is 202 Å². The van der Waals surface area contributed by atoms with Gasteiger partial charge in [-0.2, -0.15) is 5.26 Å². The molecule has 3 aromatic carbocycles. The van der Waals surface area contributed by atoms with Crippen LogP contribution in [0.3, 0.4) is 0 Å². The average Bonchev–Trinajstić information content (AvgIpc) is 3.42. The molecule has 1 saturated heterocycles. The molecule has 1 fully saturated rings. The molecule has 3 aromatic rings. The lowest BCUT2D eigenvalue weighted by molar-refractivity contribution is -0.102. The highest BCUT2D eigenvalue weighted by atomic mass is 35.5. The van der Waals surface area contributed by atoms with Gasteiger partial charge in [-0.1, -0.05) is 83.9 Å². The summed E-state index contributed by atoms with van der Waals surface area (Å²) in [5.74, 6) is 0.286. The smallest absolute Gasteiger partial charge is 0.244 e. The summed E-state index contributed by atoms with van der Waals surface area (Å²) >= 11 is 12.3. The van der Waals surface area contributed by atoms with Crippen LogP contribution in [0.25, 0.3) is 0 Å². The van der Waals surface area contributed by atoms with Crippen LogP contribution in [0.2, 0.25) is 10.0 Å². The molecule has 2 unspecified atom stereocenters. The van der Waals surface area contributed by atoms with Crippen LogP contribution < -0.4 is 10.6 Å². The molecule has 0 spiro atoms. The van der Waals surface area contributed by atoms with Crippen molar-refractivity contribution in [3.05, 3.63) is 94.0 Å². The van der Waals surface area contributed by atoms with Crippen molar-refractivity contribution in [3.63, 3.8) is 0 Å². The third-order valence-corrected chi connectivity index (χ3v) is 11.0. The monoisotopic (exact) mass is 495 g/mol. The summed E-state index contributed by atoms with van der Waals surface area (Å²) in [6, 6.07) is 24.3. The maximum Gasteiger partial charge on any atom is 0.244 e. The second kappa shape index (κ2) is 8.31. The van der Waals surface area contributed by atoms with Gasteiger partial charge in [-0.05, 0) is 31.9 Å². The van der Waals surface area contributed by atoms with Crippen LogP contribution in [-0.4, -0.2) is 22.4 Å². The molecular formula is C25H20Cl2N3O2P. The molecule has 0 amide bonds. The lowest BCUT2D eigenvalue weighted by Gasteiger charge is -2.40. The van der Waals surface area contributed by atoms with Gasteiger partial charge in [0, 0.05) is 10.6 Å². The Morgan fingerprint density at radius 2 is 1.64 bits per heavy atom. The number of aliphatic imine (C=N–C) groups is 1. The van der Waals surface area contributed by atoms with Gasteiger partial charge in [0.2, 0.25) is 5.90 Å². The maximum absolute atomic E-state index is 15.1. The van der Waals surface area contributed by atoms with E-state index in [1.165, 1.54) is 6.07 Å². The second-order valence-corrected chi connectivity index (χ2v) is 12.3. The van der Waals surface area contributed by atoms with Crippen molar-refractivity contribution in [2.24, 2.45) is 4.99 Å². The number of fused-ring (bicyclic) bond motifs is 1. The number of hydroxylamine groups is 2. The molecule has 0 saturated carbocycles. The number of halogens is 2. The Morgan fingerprint density at radius 1 is 1.06 bits per heavy atom. The molecule has 5 nitrogen and oxygen atoms in total. The van der Waals surface area contributed by atoms with Crippen LogP contribution in [0.15, 0.2) is 77.8 Å². The van der Waals surface area contributed by atoms with Gasteiger partial charge >= 0.3 is 0 Å². The van der Waals surface area contributed by atoms with Gasteiger partial charge < -0.3 is 9.40 Å². The molecule has 8 heteroatoms. The fourth-order valence-electron chi connectivity index (χ4n) is 4.69. The topological polar surface area (TPSA) is 65.7 Å². The molecule has 2 heterocycles. The third kappa shape index (κ3) is 3.41. The van der Waals surface area contributed by atoms with Crippen molar-refractivity contribution in [3.8, 4) is 6.07 Å². The molecule has 0 radical (unpaired) electrons. The van der Waals surface area contributed by atoms with Crippen molar-refractivity contribution in [1.82, 2.24) is 5.06 Å². The normalized spacial score (nSPS) is 22.4. The first-order chi connectivity index (χ1) is 15.9. The number of hydrogen-bond acceptors (Lipinski definition) is 5. The Morgan fingerprint density at radius 3 is 2.21 bits per heavy atom. The summed E-state index contributed by atoms with van der Waals surface area (Å²) in [5.41, 5.74) is 0.790. The van der Waals surface area contributed by atoms with Crippen LogP contribution in [-0.2, 0) is 9.40 Å². The Bertz CT molecular complexity index is 1300. The number of hydrogen-bond donors (Lipinski definition) is 0. The van der Waals surface area contributed by atoms with Gasteiger partial charge in [-0.25, -0.2) is 4.99 Å². The fraction of sp³-hybridized carbons (Fsp3) is 0.200. The number of rotatable bonds is 4. The molecule has 0 N–H and O–H groups in total. The van der Waals surface area contributed by atoms with Gasteiger partial charge in [-0.15, -0.1) is 5.06 Å². The third-order valence-electron chi connectivity index (χ3n) is 6.40. The zero-order valence-corrected chi connectivity index (χ0v) is 20.2. The van der Waals surface area contributed by atoms with E-state index in [9.17, 15) is 5.26 Å². The Balaban J connectivity index is 1.60. The molecule has 0 aromatic heterocycles. The van der Waals surface area contributed by atoms with Gasteiger partial charge in [0.1, 0.15) is 17.5 Å². The summed E-state index contributed by atoms with van der Waals surface area (Å²) in [6.07, 6.45) is 1.00. The van der Waals surface area contributed by atoms with Crippen LogP contribution >= 0.6 is 30.3 Å². The van der Waals surface area contributed by atoms with E-state index in [0.29, 0.717) is 34.0 Å². The summed E-state index contributed by atoms with van der Waals surface area (Å²) in [7, 11) is -3.19. The largest absolute Gasteiger partial charge is 0.382 e. The van der Waals surface area contributed by atoms with Crippen molar-refractivity contribution in [2.75, 3.05) is 0 Å². The Hall–Kier alpha value is -2.61. The molecule has 0 aliphatic carbocycles. The maximum atomic E-state index is 15.1. The summed E-state index contributed by atoms with van der Waals surface area (Å²) in [5, 5.41) is 12.7. The zero-order valence-electron chi connectivity index (χ0n) is 17.8. The number of nitriles is 1. The predicted octanol–water partition coefficient (Wildman–Crippen LogP) is 5.71. The van der Waals surface area contributed by atoms with E-state index in [-0.39, 0.29) is 12.1 Å². The summed E-state index contributed by atoms with van der Waals surface area (Å²) < 4.78 is 15.1. The van der Waals surface area contributed by atoms with Crippen LogP contribution in [0.1, 0.15) is 30.9 Å². The number of benzene rings is 3. The minimum Gasteiger partial charge on any atom is -0.382 e. The average molecular weight is 496 g/mol. The minimum absolute atomic E-state index is 0.286. The molecule has 5 rings (SSSR count). The minimum atomic E-state index is -3.19. The molecule has 166 valence electrons.